The second kappa shape index (κ2) is 11.9. The second-order valence-electron chi connectivity index (χ2n) is 10.2. The van der Waals surface area contributed by atoms with Crippen LogP contribution in [0, 0.1) is 12.7 Å². The number of ether oxygens (including phenoxy) is 2. The fourth-order valence-corrected chi connectivity index (χ4v) is 4.66. The molecule has 1 atom stereocenters. The van der Waals surface area contributed by atoms with Crippen molar-refractivity contribution in [3.05, 3.63) is 106 Å². The molecule has 0 spiro atoms. The second-order valence-corrected chi connectivity index (χ2v) is 10.2. The highest BCUT2D eigenvalue weighted by molar-refractivity contribution is 6.05. The van der Waals surface area contributed by atoms with Crippen molar-refractivity contribution in [3.63, 3.8) is 0 Å². The van der Waals surface area contributed by atoms with E-state index in [4.69, 9.17) is 9.47 Å². The van der Waals surface area contributed by atoms with Gasteiger partial charge in [0, 0.05) is 35.4 Å². The summed E-state index contributed by atoms with van der Waals surface area (Å²) in [5, 5.41) is 3.37. The number of carbonyl (C=O) groups is 1. The van der Waals surface area contributed by atoms with E-state index < -0.39 is 17.3 Å². The van der Waals surface area contributed by atoms with Crippen molar-refractivity contribution in [3.8, 4) is 22.9 Å². The number of anilines is 1. The number of hydrogen-bond donors (Lipinski definition) is 1. The molecule has 2 heterocycles. The normalized spacial score (nSPS) is 12.0. The summed E-state index contributed by atoms with van der Waals surface area (Å²) in [6, 6.07) is 20.3. The molecule has 1 unspecified atom stereocenters. The number of fused-ring (bicyclic) bond motifs is 1. The third-order valence-corrected chi connectivity index (χ3v) is 7.26. The number of amides is 1. The summed E-state index contributed by atoms with van der Waals surface area (Å²) in [6.45, 7) is 4.26. The highest BCUT2D eigenvalue weighted by Gasteiger charge is 2.25. The first-order valence-corrected chi connectivity index (χ1v) is 13.4. The maximum atomic E-state index is 15.2. The Kier molecular flexibility index (Phi) is 8.08. The number of methoxy groups -OCH3 is 1. The number of likely N-dealkylation sites (N-methyl/N-ethyl adjacent to an activating group) is 1. The Balaban J connectivity index is 1.43. The van der Waals surface area contributed by atoms with E-state index >= 15 is 4.39 Å². The van der Waals surface area contributed by atoms with E-state index in [1.54, 1.807) is 44.5 Å². The average Bonchev–Trinajstić information content (AvgIpc) is 3.23. The zero-order valence-corrected chi connectivity index (χ0v) is 24.1. The van der Waals surface area contributed by atoms with Crippen LogP contribution in [0.2, 0.25) is 0 Å². The molecule has 1 N–H and O–H groups in total. The molecule has 5 aromatic rings. The third-order valence-electron chi connectivity index (χ3n) is 7.26. The predicted octanol–water partition coefficient (Wildman–Crippen LogP) is 5.64. The van der Waals surface area contributed by atoms with Crippen LogP contribution in [0.5, 0.6) is 17.2 Å². The van der Waals surface area contributed by atoms with E-state index in [0.717, 1.165) is 6.07 Å². The van der Waals surface area contributed by atoms with Crippen LogP contribution in [0.15, 0.2) is 83.8 Å². The average molecular weight is 570 g/mol. The summed E-state index contributed by atoms with van der Waals surface area (Å²) in [5.74, 6) is -0.263. The number of benzene rings is 3. The molecule has 0 aliphatic rings. The Bertz CT molecular complexity index is 1810. The van der Waals surface area contributed by atoms with Crippen molar-refractivity contribution in [2.24, 2.45) is 0 Å². The molecule has 10 heteroatoms. The lowest BCUT2D eigenvalue weighted by molar-refractivity contribution is 0.102. The molecule has 5 rings (SSSR count). The summed E-state index contributed by atoms with van der Waals surface area (Å²) in [5.41, 5.74) is 1.52. The lowest BCUT2D eigenvalue weighted by Crippen LogP contribution is -2.33. The standard InChI is InChI=1S/C32H32FN5O4/c1-20(36(3)4)19-37-21(2)30(32(40)38(37)23-9-7-6-8-10-23)31(39)35-22-11-14-29(26(33)17-22)42-28-15-16-34-27-18-24(41-5)12-13-25(27)28/h6-18,20H,19H2,1-5H3,(H,35,39). The fourth-order valence-electron chi connectivity index (χ4n) is 4.66. The molecule has 0 fully saturated rings. The number of carbonyl (C=O) groups excluding carboxylic acids is 1. The van der Waals surface area contributed by atoms with Gasteiger partial charge in [-0.1, -0.05) is 18.2 Å². The van der Waals surface area contributed by atoms with Gasteiger partial charge in [-0.3, -0.25) is 19.3 Å². The molecule has 9 nitrogen and oxygen atoms in total. The Labute approximate surface area is 242 Å². The number of aromatic nitrogens is 3. The van der Waals surface area contributed by atoms with Crippen LogP contribution in [0.1, 0.15) is 23.0 Å². The zero-order chi connectivity index (χ0) is 30.0. The zero-order valence-electron chi connectivity index (χ0n) is 24.1. The van der Waals surface area contributed by atoms with Crippen LogP contribution in [-0.4, -0.2) is 52.4 Å². The largest absolute Gasteiger partial charge is 0.497 e. The van der Waals surface area contributed by atoms with Gasteiger partial charge >= 0.3 is 0 Å². The number of pyridine rings is 1. The van der Waals surface area contributed by atoms with Crippen molar-refractivity contribution < 1.29 is 18.7 Å². The molecule has 42 heavy (non-hydrogen) atoms. The highest BCUT2D eigenvalue weighted by atomic mass is 19.1. The number of hydrogen-bond acceptors (Lipinski definition) is 6. The summed E-state index contributed by atoms with van der Waals surface area (Å²) in [6.07, 6.45) is 1.57. The first kappa shape index (κ1) is 28.6. The number of halogens is 1. The lowest BCUT2D eigenvalue weighted by atomic mass is 10.2. The Morgan fingerprint density at radius 1 is 1.05 bits per heavy atom. The molecule has 0 aliphatic carbocycles. The molecule has 0 saturated heterocycles. The van der Waals surface area contributed by atoms with Gasteiger partial charge in [0.2, 0.25) is 0 Å². The van der Waals surface area contributed by atoms with Gasteiger partial charge in [0.1, 0.15) is 17.1 Å². The number of rotatable bonds is 9. The molecular formula is C32H32FN5O4. The van der Waals surface area contributed by atoms with E-state index in [2.05, 4.69) is 10.3 Å². The molecule has 3 aromatic carbocycles. The molecule has 1 amide bonds. The molecule has 0 radical (unpaired) electrons. The van der Waals surface area contributed by atoms with E-state index in [1.807, 2.05) is 60.9 Å². The highest BCUT2D eigenvalue weighted by Crippen LogP contribution is 2.33. The molecular weight excluding hydrogens is 537 g/mol. The van der Waals surface area contributed by atoms with E-state index in [0.29, 0.717) is 40.3 Å². The van der Waals surface area contributed by atoms with Crippen molar-refractivity contribution in [1.82, 2.24) is 19.2 Å². The number of nitrogens with zero attached hydrogens (tertiary/aromatic N) is 4. The van der Waals surface area contributed by atoms with Gasteiger partial charge in [-0.2, -0.15) is 0 Å². The van der Waals surface area contributed by atoms with Crippen molar-refractivity contribution >= 4 is 22.5 Å². The van der Waals surface area contributed by atoms with Gasteiger partial charge in [-0.25, -0.2) is 9.07 Å². The topological polar surface area (TPSA) is 90.6 Å². The van der Waals surface area contributed by atoms with E-state index in [-0.39, 0.29) is 23.0 Å². The van der Waals surface area contributed by atoms with Crippen LogP contribution >= 0.6 is 0 Å². The van der Waals surface area contributed by atoms with Gasteiger partial charge in [0.25, 0.3) is 11.5 Å². The summed E-state index contributed by atoms with van der Waals surface area (Å²) < 4.78 is 29.6. The van der Waals surface area contributed by atoms with Crippen LogP contribution in [0.3, 0.4) is 0 Å². The lowest BCUT2D eigenvalue weighted by Gasteiger charge is -2.23. The quantitative estimate of drug-likeness (QED) is 0.247. The number of nitrogens with one attached hydrogen (secondary N) is 1. The van der Waals surface area contributed by atoms with Crippen LogP contribution in [-0.2, 0) is 6.54 Å². The summed E-state index contributed by atoms with van der Waals surface area (Å²) >= 11 is 0. The van der Waals surface area contributed by atoms with Crippen molar-refractivity contribution in [1.29, 1.82) is 0 Å². The van der Waals surface area contributed by atoms with Crippen molar-refractivity contribution in [2.45, 2.75) is 26.4 Å². The van der Waals surface area contributed by atoms with Crippen molar-refractivity contribution in [2.75, 3.05) is 26.5 Å². The minimum Gasteiger partial charge on any atom is -0.497 e. The first-order chi connectivity index (χ1) is 20.2. The molecule has 0 saturated carbocycles. The molecule has 216 valence electrons. The Morgan fingerprint density at radius 3 is 2.50 bits per heavy atom. The Hall–Kier alpha value is -4.96. The van der Waals surface area contributed by atoms with Crippen LogP contribution in [0.25, 0.3) is 16.6 Å². The molecule has 2 aromatic heterocycles. The minimum atomic E-state index is -0.679. The van der Waals surface area contributed by atoms with Gasteiger partial charge < -0.3 is 19.7 Å². The van der Waals surface area contributed by atoms with E-state index in [1.165, 1.54) is 16.8 Å². The monoisotopic (exact) mass is 569 g/mol. The summed E-state index contributed by atoms with van der Waals surface area (Å²) in [7, 11) is 5.48. The molecule has 0 aliphatic heterocycles. The first-order valence-electron chi connectivity index (χ1n) is 13.4. The fraction of sp³-hybridized carbons (Fsp3) is 0.219. The number of para-hydroxylation sites is 1. The smallest absolute Gasteiger partial charge is 0.284 e. The van der Waals surface area contributed by atoms with Crippen LogP contribution in [0.4, 0.5) is 10.1 Å². The van der Waals surface area contributed by atoms with Gasteiger partial charge in [0.15, 0.2) is 11.6 Å². The summed E-state index contributed by atoms with van der Waals surface area (Å²) in [4.78, 5) is 33.4. The Morgan fingerprint density at radius 2 is 1.81 bits per heavy atom. The SMILES string of the molecule is COc1ccc2c(Oc3ccc(NC(=O)c4c(C)n(CC(C)N(C)C)n(-c5ccccc5)c4=O)cc3F)ccnc2c1. The third kappa shape index (κ3) is 5.61. The maximum absolute atomic E-state index is 15.2. The molecule has 0 bridgehead atoms. The van der Waals surface area contributed by atoms with Gasteiger partial charge in [-0.15, -0.1) is 0 Å². The van der Waals surface area contributed by atoms with Gasteiger partial charge in [-0.05, 0) is 70.4 Å². The van der Waals surface area contributed by atoms with Crippen LogP contribution < -0.4 is 20.3 Å². The maximum Gasteiger partial charge on any atom is 0.284 e. The van der Waals surface area contributed by atoms with E-state index in [9.17, 15) is 9.59 Å². The van der Waals surface area contributed by atoms with Gasteiger partial charge in [0.05, 0.1) is 30.6 Å². The predicted molar refractivity (Wildman–Crippen MR) is 161 cm³/mol. The minimum absolute atomic E-state index is 0.00997.